The van der Waals surface area contributed by atoms with Crippen LogP contribution < -0.4 is 15.8 Å². The van der Waals surface area contributed by atoms with E-state index in [0.29, 0.717) is 5.70 Å². The Morgan fingerprint density at radius 1 is 1.08 bits per heavy atom. The van der Waals surface area contributed by atoms with E-state index in [4.69, 9.17) is 10.5 Å². The van der Waals surface area contributed by atoms with Crippen LogP contribution in [-0.4, -0.2) is 41.1 Å². The number of rotatable bonds is 6. The standard InChI is InChI=1S/C28H41N5O4S2/c1-26(2,3)32-39(35,36)23(29)28(7,8)21-13-9-10-14-22(21)38-19-16-30-24(38)33-17-11-12-20(15-18-33)31-25(34)37-27(4,5)6/h9-19,23,32,38H,29H2,1-8H3,(H,31,34). The molecule has 2 aliphatic rings. The van der Waals surface area contributed by atoms with Crippen LogP contribution in [0.1, 0.15) is 61.0 Å². The number of carbonyl (C=O) groups is 1. The molecule has 0 fully saturated rings. The van der Waals surface area contributed by atoms with Crippen molar-refractivity contribution < 1.29 is 17.9 Å². The summed E-state index contributed by atoms with van der Waals surface area (Å²) in [6.45, 7) is 14.5. The second kappa shape index (κ2) is 11.3. The number of carbonyl (C=O) groups excluding carboxylic acids is 1. The van der Waals surface area contributed by atoms with Crippen LogP contribution in [0.3, 0.4) is 0 Å². The molecule has 11 heteroatoms. The summed E-state index contributed by atoms with van der Waals surface area (Å²) in [6.07, 6.45) is 10.3. The Hall–Kier alpha value is -2.86. The molecule has 1 aromatic carbocycles. The maximum atomic E-state index is 13.2. The molecule has 0 radical (unpaired) electrons. The third-order valence-corrected chi connectivity index (χ3v) is 10.1. The number of allylic oxidation sites excluding steroid dienone is 3. The largest absolute Gasteiger partial charge is 0.444 e. The SMILES string of the molecule is CC(C)(C)NS(=O)(=O)C(N)C(C)(C)c1ccccc1[SH]1C=CN=C1N1C=CC=C(NC(=O)OC(C)(C)C)C=C1. The van der Waals surface area contributed by atoms with E-state index >= 15 is 0 Å². The number of amidine groups is 1. The van der Waals surface area contributed by atoms with Crippen molar-refractivity contribution in [1.82, 2.24) is 14.9 Å². The lowest BCUT2D eigenvalue weighted by Gasteiger charge is -2.37. The van der Waals surface area contributed by atoms with E-state index < -0.39 is 48.9 Å². The van der Waals surface area contributed by atoms with Gasteiger partial charge in [-0.3, -0.25) is 5.32 Å². The molecule has 214 valence electrons. The topological polar surface area (TPSA) is 126 Å². The van der Waals surface area contributed by atoms with Crippen LogP contribution in [0.15, 0.2) is 82.1 Å². The van der Waals surface area contributed by atoms with Crippen LogP contribution in [0, 0.1) is 0 Å². The number of nitrogens with zero attached hydrogens (tertiary/aromatic N) is 2. The second-order valence-electron chi connectivity index (χ2n) is 12.0. The molecule has 0 aliphatic carbocycles. The van der Waals surface area contributed by atoms with Crippen molar-refractivity contribution in [2.24, 2.45) is 10.7 Å². The number of hydrogen-bond donors (Lipinski definition) is 4. The van der Waals surface area contributed by atoms with Gasteiger partial charge in [0, 0.05) is 40.1 Å². The number of benzene rings is 1. The van der Waals surface area contributed by atoms with Gasteiger partial charge in [-0.25, -0.2) is 22.9 Å². The minimum atomic E-state index is -3.83. The van der Waals surface area contributed by atoms with Crippen LogP contribution in [0.5, 0.6) is 0 Å². The van der Waals surface area contributed by atoms with E-state index in [1.54, 1.807) is 39.1 Å². The monoisotopic (exact) mass is 575 g/mol. The number of sulfonamides is 1. The Bertz CT molecular complexity index is 1350. The van der Waals surface area contributed by atoms with Gasteiger partial charge in [-0.15, -0.1) is 10.9 Å². The Morgan fingerprint density at radius 3 is 2.38 bits per heavy atom. The minimum absolute atomic E-state index is 0.536. The first-order chi connectivity index (χ1) is 17.9. The fourth-order valence-corrected chi connectivity index (χ4v) is 8.11. The molecule has 0 spiro atoms. The lowest BCUT2D eigenvalue weighted by Crippen LogP contribution is -2.55. The summed E-state index contributed by atoms with van der Waals surface area (Å²) in [5, 5.41) is 4.39. The van der Waals surface area contributed by atoms with Gasteiger partial charge in [0.15, 0.2) is 5.17 Å². The molecule has 39 heavy (non-hydrogen) atoms. The van der Waals surface area contributed by atoms with E-state index in [2.05, 4.69) is 15.0 Å². The first-order valence-electron chi connectivity index (χ1n) is 12.7. The summed E-state index contributed by atoms with van der Waals surface area (Å²) < 4.78 is 34.4. The smallest absolute Gasteiger partial charge is 0.412 e. The number of nitrogens with two attached hydrogens (primary N) is 1. The van der Waals surface area contributed by atoms with Gasteiger partial charge in [0.25, 0.3) is 0 Å². The Kier molecular flexibility index (Phi) is 8.91. The summed E-state index contributed by atoms with van der Waals surface area (Å²) in [5.41, 5.74) is 5.70. The van der Waals surface area contributed by atoms with E-state index in [9.17, 15) is 13.2 Å². The molecule has 2 unspecified atom stereocenters. The highest BCUT2D eigenvalue weighted by molar-refractivity contribution is 8.32. The quantitative estimate of drug-likeness (QED) is 0.357. The van der Waals surface area contributed by atoms with Gasteiger partial charge in [0.2, 0.25) is 10.0 Å². The third kappa shape index (κ3) is 7.84. The van der Waals surface area contributed by atoms with Crippen molar-refractivity contribution >= 4 is 32.2 Å². The first kappa shape index (κ1) is 30.7. The molecule has 1 amide bonds. The molecule has 2 heterocycles. The predicted octanol–water partition coefficient (Wildman–Crippen LogP) is 4.92. The molecule has 4 N–H and O–H groups in total. The molecular formula is C28H41N5O4S2. The van der Waals surface area contributed by atoms with E-state index in [1.165, 1.54) is 0 Å². The zero-order chi connectivity index (χ0) is 29.2. The Morgan fingerprint density at radius 2 is 1.74 bits per heavy atom. The van der Waals surface area contributed by atoms with E-state index in [0.717, 1.165) is 15.6 Å². The molecule has 1 aromatic rings. The number of thiol groups is 1. The van der Waals surface area contributed by atoms with Crippen molar-refractivity contribution in [1.29, 1.82) is 0 Å². The fourth-order valence-electron chi connectivity index (χ4n) is 4.08. The van der Waals surface area contributed by atoms with Gasteiger partial charge >= 0.3 is 6.09 Å². The van der Waals surface area contributed by atoms with Gasteiger partial charge in [-0.05, 0) is 76.8 Å². The minimum Gasteiger partial charge on any atom is -0.444 e. The van der Waals surface area contributed by atoms with Gasteiger partial charge in [0.05, 0.1) is 0 Å². The first-order valence-corrected chi connectivity index (χ1v) is 15.6. The van der Waals surface area contributed by atoms with Gasteiger partial charge in [-0.2, -0.15) is 0 Å². The molecule has 3 rings (SSSR count). The van der Waals surface area contributed by atoms with Gasteiger partial charge < -0.3 is 15.4 Å². The number of aliphatic imine (C=N–C) groups is 1. The third-order valence-electron chi connectivity index (χ3n) is 5.79. The fraction of sp³-hybridized carbons (Fsp3) is 0.429. The second-order valence-corrected chi connectivity index (χ2v) is 15.7. The summed E-state index contributed by atoms with van der Waals surface area (Å²) in [5.74, 6) is 0. The van der Waals surface area contributed by atoms with Crippen LogP contribution >= 0.6 is 10.9 Å². The lowest BCUT2D eigenvalue weighted by molar-refractivity contribution is 0.0548. The number of hydrogen-bond acceptors (Lipinski definition) is 7. The lowest BCUT2D eigenvalue weighted by atomic mass is 9.84. The van der Waals surface area contributed by atoms with E-state index in [-0.39, 0.29) is 0 Å². The predicted molar refractivity (Wildman–Crippen MR) is 161 cm³/mol. The van der Waals surface area contributed by atoms with Crippen molar-refractivity contribution in [2.45, 2.75) is 82.2 Å². The summed E-state index contributed by atoms with van der Waals surface area (Å²) >= 11 is 0. The molecule has 2 aliphatic heterocycles. The zero-order valence-electron chi connectivity index (χ0n) is 23.9. The zero-order valence-corrected chi connectivity index (χ0v) is 25.6. The van der Waals surface area contributed by atoms with Crippen molar-refractivity contribution in [3.05, 3.63) is 77.8 Å². The molecule has 2 atom stereocenters. The van der Waals surface area contributed by atoms with Crippen LogP contribution in [0.25, 0.3) is 0 Å². The number of ether oxygens (including phenoxy) is 1. The van der Waals surface area contributed by atoms with Gasteiger partial charge in [-0.1, -0.05) is 32.0 Å². The Labute approximate surface area is 235 Å². The molecule has 0 saturated heterocycles. The van der Waals surface area contributed by atoms with Crippen molar-refractivity contribution in [2.75, 3.05) is 0 Å². The maximum Gasteiger partial charge on any atom is 0.412 e. The number of nitrogens with one attached hydrogen (secondary N) is 2. The van der Waals surface area contributed by atoms with Gasteiger partial charge in [0.1, 0.15) is 11.0 Å². The summed E-state index contributed by atoms with van der Waals surface area (Å²) in [4.78, 5) is 19.7. The summed E-state index contributed by atoms with van der Waals surface area (Å²) in [6, 6.07) is 7.77. The van der Waals surface area contributed by atoms with Crippen molar-refractivity contribution in [3.63, 3.8) is 0 Å². The molecule has 0 saturated carbocycles. The van der Waals surface area contributed by atoms with Crippen LogP contribution in [0.2, 0.25) is 0 Å². The van der Waals surface area contributed by atoms with Crippen molar-refractivity contribution in [3.8, 4) is 0 Å². The maximum absolute atomic E-state index is 13.2. The van der Waals surface area contributed by atoms with E-state index in [1.807, 2.05) is 87.7 Å². The highest BCUT2D eigenvalue weighted by Crippen LogP contribution is 2.48. The highest BCUT2D eigenvalue weighted by atomic mass is 32.2. The Balaban J connectivity index is 1.87. The normalized spacial score (nSPS) is 19.8. The molecule has 0 aromatic heterocycles. The number of alkyl carbamates (subject to hydrolysis) is 1. The van der Waals surface area contributed by atoms with Crippen LogP contribution in [0.4, 0.5) is 4.79 Å². The average molecular weight is 576 g/mol. The summed E-state index contributed by atoms with van der Waals surface area (Å²) in [7, 11) is -4.90. The highest BCUT2D eigenvalue weighted by Gasteiger charge is 2.41. The molecule has 9 nitrogen and oxygen atoms in total. The number of amides is 1. The van der Waals surface area contributed by atoms with Crippen LogP contribution in [-0.2, 0) is 20.2 Å². The molecular weight excluding hydrogens is 534 g/mol. The average Bonchev–Trinajstić information content (AvgIpc) is 3.16. The molecule has 0 bridgehead atoms.